The predicted molar refractivity (Wildman–Crippen MR) is 97.5 cm³/mol. The average Bonchev–Trinajstić information content (AvgIpc) is 3.17. The van der Waals surface area contributed by atoms with E-state index in [-0.39, 0.29) is 23.2 Å². The molecule has 3 rings (SSSR count). The highest BCUT2D eigenvalue weighted by Crippen LogP contribution is 2.24. The Kier molecular flexibility index (Phi) is 5.26. The summed E-state index contributed by atoms with van der Waals surface area (Å²) in [6.07, 6.45) is 0.419. The molecule has 1 aromatic carbocycles. The number of hydrogen-bond donors (Lipinski definition) is 1. The van der Waals surface area contributed by atoms with Gasteiger partial charge < -0.3 is 10.1 Å². The number of cyclic esters (lactones) is 1. The van der Waals surface area contributed by atoms with E-state index in [1.54, 1.807) is 11.4 Å². The lowest BCUT2D eigenvalue weighted by atomic mass is 10.1. The second-order valence-electron chi connectivity index (χ2n) is 5.54. The molecule has 1 fully saturated rings. The average molecular weight is 444 g/mol. The number of halogens is 1. The van der Waals surface area contributed by atoms with Crippen molar-refractivity contribution in [3.05, 3.63) is 45.1 Å². The third kappa shape index (κ3) is 4.28. The van der Waals surface area contributed by atoms with Crippen LogP contribution in [0.5, 0.6) is 0 Å². The number of benzene rings is 1. The molecule has 9 heteroatoms. The molecule has 0 bridgehead atoms. The molecule has 132 valence electrons. The van der Waals surface area contributed by atoms with Crippen LogP contribution in [0.25, 0.3) is 0 Å². The number of nitrogens with one attached hydrogen (secondary N) is 1. The fourth-order valence-electron chi connectivity index (χ4n) is 2.42. The summed E-state index contributed by atoms with van der Waals surface area (Å²) in [4.78, 5) is 24.2. The Morgan fingerprint density at radius 2 is 2.04 bits per heavy atom. The van der Waals surface area contributed by atoms with E-state index < -0.39 is 21.7 Å². The van der Waals surface area contributed by atoms with Crippen molar-refractivity contribution >= 4 is 54.7 Å². The molecule has 1 aliphatic rings. The van der Waals surface area contributed by atoms with E-state index in [0.29, 0.717) is 17.0 Å². The zero-order valence-corrected chi connectivity index (χ0v) is 16.1. The predicted octanol–water partition coefficient (Wildman–Crippen LogP) is 3.10. The smallest absolute Gasteiger partial charge is 0.310 e. The summed E-state index contributed by atoms with van der Waals surface area (Å²) >= 11 is 4.59. The van der Waals surface area contributed by atoms with Crippen LogP contribution in [0.3, 0.4) is 0 Å². The molecular formula is C16H14BrNO5S2. The number of thiophene rings is 1. The van der Waals surface area contributed by atoms with E-state index in [1.807, 2.05) is 0 Å². The van der Waals surface area contributed by atoms with Gasteiger partial charge in [-0.1, -0.05) is 0 Å². The number of ether oxygens (including phenoxy) is 1. The lowest BCUT2D eigenvalue weighted by Crippen LogP contribution is -2.20. The summed E-state index contributed by atoms with van der Waals surface area (Å²) in [5.41, 5.74) is 0.494. The SMILES string of the molecule is O=C(Nc1ccc(S(=O)(=O)CC2CCOC2=O)cc1)c1cc(Br)cs1. The van der Waals surface area contributed by atoms with Crippen molar-refractivity contribution in [1.29, 1.82) is 0 Å². The van der Waals surface area contributed by atoms with Crippen LogP contribution in [-0.4, -0.2) is 32.7 Å². The van der Waals surface area contributed by atoms with E-state index in [2.05, 4.69) is 21.2 Å². The first kappa shape index (κ1) is 18.1. The van der Waals surface area contributed by atoms with Gasteiger partial charge in [-0.05, 0) is 52.7 Å². The Morgan fingerprint density at radius 1 is 1.32 bits per heavy atom. The van der Waals surface area contributed by atoms with E-state index in [0.717, 1.165) is 4.47 Å². The zero-order valence-electron chi connectivity index (χ0n) is 12.9. The lowest BCUT2D eigenvalue weighted by Gasteiger charge is -2.09. The summed E-state index contributed by atoms with van der Waals surface area (Å²) in [6.45, 7) is 0.267. The minimum absolute atomic E-state index is 0.115. The Bertz CT molecular complexity index is 905. The highest BCUT2D eigenvalue weighted by molar-refractivity contribution is 9.10. The summed E-state index contributed by atoms with van der Waals surface area (Å²) in [7, 11) is -3.59. The molecule has 2 heterocycles. The van der Waals surface area contributed by atoms with Crippen molar-refractivity contribution in [2.45, 2.75) is 11.3 Å². The largest absolute Gasteiger partial charge is 0.465 e. The molecule has 0 radical (unpaired) electrons. The van der Waals surface area contributed by atoms with Crippen molar-refractivity contribution in [1.82, 2.24) is 0 Å². The van der Waals surface area contributed by atoms with E-state index >= 15 is 0 Å². The number of rotatable bonds is 5. The summed E-state index contributed by atoms with van der Waals surface area (Å²) in [6, 6.07) is 7.62. The number of carbonyl (C=O) groups is 2. The van der Waals surface area contributed by atoms with Crippen molar-refractivity contribution in [3.8, 4) is 0 Å². The van der Waals surface area contributed by atoms with Crippen molar-refractivity contribution < 1.29 is 22.7 Å². The molecular weight excluding hydrogens is 430 g/mol. The molecule has 1 saturated heterocycles. The fourth-order valence-corrected chi connectivity index (χ4v) is 5.32. The minimum atomic E-state index is -3.59. The fraction of sp³-hybridized carbons (Fsp3) is 0.250. The number of carbonyl (C=O) groups excluding carboxylic acids is 2. The number of anilines is 1. The van der Waals surface area contributed by atoms with Crippen LogP contribution in [0.1, 0.15) is 16.1 Å². The molecule has 25 heavy (non-hydrogen) atoms. The maximum atomic E-state index is 12.4. The van der Waals surface area contributed by atoms with Crippen molar-refractivity contribution in [2.75, 3.05) is 17.7 Å². The van der Waals surface area contributed by atoms with Crippen LogP contribution in [0.15, 0.2) is 45.1 Å². The minimum Gasteiger partial charge on any atom is -0.465 e. The van der Waals surface area contributed by atoms with Gasteiger partial charge in [0, 0.05) is 15.5 Å². The highest BCUT2D eigenvalue weighted by Gasteiger charge is 2.32. The van der Waals surface area contributed by atoms with Crippen LogP contribution < -0.4 is 5.32 Å². The van der Waals surface area contributed by atoms with Gasteiger partial charge in [-0.15, -0.1) is 11.3 Å². The van der Waals surface area contributed by atoms with E-state index in [9.17, 15) is 18.0 Å². The number of esters is 1. The second kappa shape index (κ2) is 7.27. The normalized spacial score (nSPS) is 17.3. The van der Waals surface area contributed by atoms with Gasteiger partial charge >= 0.3 is 5.97 Å². The second-order valence-corrected chi connectivity index (χ2v) is 9.40. The topological polar surface area (TPSA) is 89.5 Å². The van der Waals surface area contributed by atoms with Gasteiger partial charge in [0.1, 0.15) is 0 Å². The first-order valence-electron chi connectivity index (χ1n) is 7.40. The third-order valence-electron chi connectivity index (χ3n) is 3.73. The number of amides is 1. The van der Waals surface area contributed by atoms with Crippen LogP contribution in [0.2, 0.25) is 0 Å². The van der Waals surface area contributed by atoms with Crippen LogP contribution in [0, 0.1) is 5.92 Å². The molecule has 6 nitrogen and oxygen atoms in total. The van der Waals surface area contributed by atoms with Crippen molar-refractivity contribution in [3.63, 3.8) is 0 Å². The van der Waals surface area contributed by atoms with Gasteiger partial charge in [0.2, 0.25) is 0 Å². The molecule has 1 aromatic heterocycles. The van der Waals surface area contributed by atoms with Gasteiger partial charge in [0.25, 0.3) is 5.91 Å². The molecule has 0 saturated carbocycles. The van der Waals surface area contributed by atoms with Gasteiger partial charge in [0.05, 0.1) is 28.1 Å². The summed E-state index contributed by atoms with van der Waals surface area (Å²) in [5, 5.41) is 4.52. The third-order valence-corrected chi connectivity index (χ3v) is 7.25. The Hall–Kier alpha value is -1.71. The zero-order chi connectivity index (χ0) is 18.0. The van der Waals surface area contributed by atoms with Gasteiger partial charge in [-0.3, -0.25) is 9.59 Å². The highest BCUT2D eigenvalue weighted by atomic mass is 79.9. The summed E-state index contributed by atoms with van der Waals surface area (Å²) in [5.74, 6) is -1.60. The summed E-state index contributed by atoms with van der Waals surface area (Å²) < 4.78 is 30.4. The standard InChI is InChI=1S/C16H14BrNO5S2/c17-11-7-14(24-8-11)15(19)18-12-1-3-13(4-2-12)25(21,22)9-10-5-6-23-16(10)20/h1-4,7-8,10H,5-6,9H2,(H,18,19). The van der Waals surface area contributed by atoms with Crippen LogP contribution >= 0.6 is 27.3 Å². The Labute approximate surface area is 157 Å². The lowest BCUT2D eigenvalue weighted by molar-refractivity contribution is -0.140. The first-order chi connectivity index (χ1) is 11.8. The molecule has 1 N–H and O–H groups in total. The van der Waals surface area contributed by atoms with E-state index in [1.165, 1.54) is 35.6 Å². The monoisotopic (exact) mass is 443 g/mol. The van der Waals surface area contributed by atoms with Gasteiger partial charge in [0.15, 0.2) is 9.84 Å². The maximum Gasteiger partial charge on any atom is 0.310 e. The van der Waals surface area contributed by atoms with Crippen LogP contribution in [0.4, 0.5) is 5.69 Å². The number of sulfone groups is 1. The molecule has 0 aliphatic carbocycles. The molecule has 0 spiro atoms. The number of hydrogen-bond acceptors (Lipinski definition) is 6. The van der Waals surface area contributed by atoms with Crippen molar-refractivity contribution in [2.24, 2.45) is 5.92 Å². The molecule has 2 aromatic rings. The molecule has 1 amide bonds. The van der Waals surface area contributed by atoms with Gasteiger partial charge in [-0.2, -0.15) is 0 Å². The Morgan fingerprint density at radius 3 is 2.60 bits per heavy atom. The quantitative estimate of drug-likeness (QED) is 0.716. The molecule has 1 atom stereocenters. The van der Waals surface area contributed by atoms with Gasteiger partial charge in [-0.25, -0.2) is 8.42 Å². The first-order valence-corrected chi connectivity index (χ1v) is 10.7. The van der Waals surface area contributed by atoms with Crippen LogP contribution in [-0.2, 0) is 19.4 Å². The Balaban J connectivity index is 1.69. The molecule has 1 unspecified atom stereocenters. The molecule has 1 aliphatic heterocycles. The van der Waals surface area contributed by atoms with E-state index in [4.69, 9.17) is 4.74 Å². The maximum absolute atomic E-state index is 12.4.